The third kappa shape index (κ3) is 2.67. The molecule has 2 atom stereocenters. The largest absolute Gasteiger partial charge is 0.462 e. The number of likely N-dealkylation sites (N-methyl/N-ethyl adjacent to an activating group) is 1. The summed E-state index contributed by atoms with van der Waals surface area (Å²) in [5.41, 5.74) is 0.596. The summed E-state index contributed by atoms with van der Waals surface area (Å²) >= 11 is 1.53. The zero-order valence-corrected chi connectivity index (χ0v) is 15.0. The van der Waals surface area contributed by atoms with E-state index in [-0.39, 0.29) is 5.91 Å². The second kappa shape index (κ2) is 6.33. The molecule has 0 saturated carbocycles. The van der Waals surface area contributed by atoms with Crippen molar-refractivity contribution in [3.63, 3.8) is 0 Å². The average Bonchev–Trinajstić information content (AvgIpc) is 3.33. The van der Waals surface area contributed by atoms with Gasteiger partial charge in [0.15, 0.2) is 10.8 Å². The normalized spacial score (nSPS) is 24.8. The lowest BCUT2D eigenvalue weighted by Crippen LogP contribution is -2.47. The van der Waals surface area contributed by atoms with Crippen LogP contribution in [-0.2, 0) is 0 Å². The molecule has 0 aliphatic carbocycles. The van der Waals surface area contributed by atoms with Crippen LogP contribution in [0.15, 0.2) is 22.8 Å². The highest BCUT2D eigenvalue weighted by Crippen LogP contribution is 2.33. The van der Waals surface area contributed by atoms with Gasteiger partial charge in [0.25, 0.3) is 5.91 Å². The van der Waals surface area contributed by atoms with Gasteiger partial charge >= 0.3 is 0 Å². The highest BCUT2D eigenvalue weighted by molar-refractivity contribution is 7.15. The molecule has 5 nitrogen and oxygen atoms in total. The molecule has 128 valence electrons. The molecule has 0 bridgehead atoms. The topological polar surface area (TPSA) is 49.6 Å². The predicted octanol–water partition coefficient (Wildman–Crippen LogP) is 3.41. The molecule has 0 aromatic carbocycles. The number of carbonyl (C=O) groups excluding carboxylic acids is 1. The highest BCUT2D eigenvalue weighted by Gasteiger charge is 2.39. The molecular formula is C18H23N3O2S. The van der Waals surface area contributed by atoms with Crippen molar-refractivity contribution in [1.82, 2.24) is 14.8 Å². The number of aromatic nitrogens is 1. The van der Waals surface area contributed by atoms with Crippen molar-refractivity contribution in [3.05, 3.63) is 29.0 Å². The molecular weight excluding hydrogens is 322 g/mol. The van der Waals surface area contributed by atoms with E-state index in [0.29, 0.717) is 17.8 Å². The van der Waals surface area contributed by atoms with Crippen LogP contribution in [0.1, 0.15) is 41.0 Å². The van der Waals surface area contributed by atoms with Gasteiger partial charge in [0, 0.05) is 23.5 Å². The smallest absolute Gasteiger partial charge is 0.273 e. The fourth-order valence-electron chi connectivity index (χ4n) is 4.10. The first-order valence-corrected chi connectivity index (χ1v) is 9.49. The van der Waals surface area contributed by atoms with Crippen molar-refractivity contribution in [3.8, 4) is 10.8 Å². The fourth-order valence-corrected chi connectivity index (χ4v) is 4.98. The van der Waals surface area contributed by atoms with Gasteiger partial charge in [0.05, 0.1) is 6.26 Å². The van der Waals surface area contributed by atoms with E-state index in [2.05, 4.69) is 21.8 Å². The van der Waals surface area contributed by atoms with E-state index < -0.39 is 0 Å². The molecule has 1 amide bonds. The first kappa shape index (κ1) is 15.8. The van der Waals surface area contributed by atoms with E-state index in [9.17, 15) is 4.79 Å². The number of aryl methyl sites for hydroxylation is 1. The Bertz CT molecular complexity index is 725. The summed E-state index contributed by atoms with van der Waals surface area (Å²) in [6.07, 6.45) is 6.26. The molecule has 4 heterocycles. The molecule has 0 spiro atoms. The number of amides is 1. The third-order valence-corrected chi connectivity index (χ3v) is 6.30. The minimum absolute atomic E-state index is 0.0874. The van der Waals surface area contributed by atoms with E-state index in [1.54, 1.807) is 6.26 Å². The Morgan fingerprint density at radius 1 is 1.29 bits per heavy atom. The van der Waals surface area contributed by atoms with Crippen LogP contribution in [0.25, 0.3) is 10.8 Å². The number of hydrogen-bond acceptors (Lipinski definition) is 5. The number of thiazole rings is 1. The lowest BCUT2D eigenvalue weighted by molar-refractivity contribution is 0.0658. The Labute approximate surface area is 146 Å². The summed E-state index contributed by atoms with van der Waals surface area (Å²) in [5.74, 6) is 0.819. The van der Waals surface area contributed by atoms with Gasteiger partial charge in [-0.25, -0.2) is 4.98 Å². The van der Waals surface area contributed by atoms with Crippen LogP contribution in [0, 0.1) is 6.92 Å². The minimum atomic E-state index is 0.0874. The molecule has 2 aliphatic heterocycles. The zero-order chi connectivity index (χ0) is 16.7. The van der Waals surface area contributed by atoms with Crippen molar-refractivity contribution in [1.29, 1.82) is 0 Å². The highest BCUT2D eigenvalue weighted by atomic mass is 32.1. The maximum atomic E-state index is 13.1. The van der Waals surface area contributed by atoms with Gasteiger partial charge in [-0.3, -0.25) is 4.79 Å². The molecule has 0 radical (unpaired) electrons. The van der Waals surface area contributed by atoms with Gasteiger partial charge in [-0.15, -0.1) is 11.3 Å². The van der Waals surface area contributed by atoms with Crippen molar-refractivity contribution < 1.29 is 9.21 Å². The maximum absolute atomic E-state index is 13.1. The van der Waals surface area contributed by atoms with Crippen molar-refractivity contribution >= 4 is 17.2 Å². The molecule has 2 fully saturated rings. The Hall–Kier alpha value is -1.66. The molecule has 2 saturated heterocycles. The van der Waals surface area contributed by atoms with Crippen LogP contribution in [-0.4, -0.2) is 52.9 Å². The molecule has 2 aliphatic rings. The van der Waals surface area contributed by atoms with Crippen LogP contribution in [0.4, 0.5) is 0 Å². The first-order chi connectivity index (χ1) is 11.6. The Morgan fingerprint density at radius 2 is 2.08 bits per heavy atom. The lowest BCUT2D eigenvalue weighted by Gasteiger charge is -2.33. The standard InChI is InChI=1S/C18H23N3O2S/c1-12-16(19-17(24-12)15-8-5-11-23-15)18(22)21-10-4-7-14(21)13-6-3-9-20(13)2/h5,8,11,13-14H,3-4,6-7,9-10H2,1-2H3/t13-,14-/m0/s1. The Morgan fingerprint density at radius 3 is 2.79 bits per heavy atom. The van der Waals surface area contributed by atoms with E-state index >= 15 is 0 Å². The summed E-state index contributed by atoms with van der Waals surface area (Å²) in [6, 6.07) is 4.57. The van der Waals surface area contributed by atoms with Gasteiger partial charge in [-0.1, -0.05) is 0 Å². The third-order valence-electron chi connectivity index (χ3n) is 5.31. The van der Waals surface area contributed by atoms with Crippen molar-refractivity contribution in [2.75, 3.05) is 20.1 Å². The zero-order valence-electron chi connectivity index (χ0n) is 14.2. The second-order valence-electron chi connectivity index (χ2n) is 6.80. The van der Waals surface area contributed by atoms with Crippen LogP contribution in [0.5, 0.6) is 0 Å². The number of furan rings is 1. The summed E-state index contributed by atoms with van der Waals surface area (Å²) < 4.78 is 5.43. The van der Waals surface area contributed by atoms with Gasteiger partial charge in [0.2, 0.25) is 0 Å². The van der Waals surface area contributed by atoms with Crippen LogP contribution in [0.2, 0.25) is 0 Å². The van der Waals surface area contributed by atoms with Gasteiger partial charge in [0.1, 0.15) is 5.69 Å². The van der Waals surface area contributed by atoms with Crippen LogP contribution >= 0.6 is 11.3 Å². The van der Waals surface area contributed by atoms with Gasteiger partial charge < -0.3 is 14.2 Å². The Balaban J connectivity index is 1.59. The molecule has 0 unspecified atom stereocenters. The van der Waals surface area contributed by atoms with Crippen molar-refractivity contribution in [2.45, 2.75) is 44.7 Å². The van der Waals surface area contributed by atoms with E-state index in [4.69, 9.17) is 4.42 Å². The average molecular weight is 345 g/mol. The second-order valence-corrected chi connectivity index (χ2v) is 8.00. The van der Waals surface area contributed by atoms with Crippen LogP contribution in [0.3, 0.4) is 0 Å². The number of hydrogen-bond donors (Lipinski definition) is 0. The first-order valence-electron chi connectivity index (χ1n) is 8.67. The molecule has 4 rings (SSSR count). The molecule has 2 aromatic rings. The van der Waals surface area contributed by atoms with E-state index in [0.717, 1.165) is 41.6 Å². The Kier molecular flexibility index (Phi) is 4.18. The molecule has 24 heavy (non-hydrogen) atoms. The number of carbonyl (C=O) groups is 1. The van der Waals surface area contributed by atoms with E-state index in [1.807, 2.05) is 19.1 Å². The monoisotopic (exact) mass is 345 g/mol. The fraction of sp³-hybridized carbons (Fsp3) is 0.556. The lowest BCUT2D eigenvalue weighted by atomic mass is 10.0. The number of nitrogens with zero attached hydrogens (tertiary/aromatic N) is 3. The molecule has 2 aromatic heterocycles. The summed E-state index contributed by atoms with van der Waals surface area (Å²) in [5, 5.41) is 0.787. The molecule has 6 heteroatoms. The summed E-state index contributed by atoms with van der Waals surface area (Å²) in [6.45, 7) is 3.96. The minimum Gasteiger partial charge on any atom is -0.462 e. The number of likely N-dealkylation sites (tertiary alicyclic amines) is 2. The SMILES string of the molecule is Cc1sc(-c2ccco2)nc1C(=O)N1CCC[C@H]1[C@@H]1CCCN1C. The van der Waals surface area contributed by atoms with Crippen molar-refractivity contribution in [2.24, 2.45) is 0 Å². The van der Waals surface area contributed by atoms with E-state index in [1.165, 1.54) is 24.2 Å². The quantitative estimate of drug-likeness (QED) is 0.855. The van der Waals surface area contributed by atoms with Gasteiger partial charge in [-0.05, 0) is 58.3 Å². The molecule has 0 N–H and O–H groups in total. The number of rotatable bonds is 3. The summed E-state index contributed by atoms with van der Waals surface area (Å²) in [4.78, 5) is 23.2. The van der Waals surface area contributed by atoms with Crippen LogP contribution < -0.4 is 0 Å². The predicted molar refractivity (Wildman–Crippen MR) is 94.3 cm³/mol. The van der Waals surface area contributed by atoms with Gasteiger partial charge in [-0.2, -0.15) is 0 Å². The maximum Gasteiger partial charge on any atom is 0.273 e. The summed E-state index contributed by atoms with van der Waals surface area (Å²) in [7, 11) is 2.18.